The lowest BCUT2D eigenvalue weighted by molar-refractivity contribution is -0.153. The van der Waals surface area contributed by atoms with Crippen LogP contribution in [-0.4, -0.2) is 44.6 Å². The second-order valence-electron chi connectivity index (χ2n) is 5.59. The van der Waals surface area contributed by atoms with E-state index in [1.807, 2.05) is 0 Å². The minimum Gasteiger partial charge on any atom is -0.377 e. The fourth-order valence-corrected chi connectivity index (χ4v) is 3.20. The molecule has 2 radical (unpaired) electrons. The van der Waals surface area contributed by atoms with Crippen LogP contribution in [0.1, 0.15) is 47.0 Å². The van der Waals surface area contributed by atoms with Gasteiger partial charge in [0.25, 0.3) is 0 Å². The average Bonchev–Trinajstić information content (AvgIpc) is 2.24. The largest absolute Gasteiger partial charge is 0.377 e. The summed E-state index contributed by atoms with van der Waals surface area (Å²) in [5, 5.41) is 0. The molecule has 0 saturated carbocycles. The fourth-order valence-electron chi connectivity index (χ4n) is 3.20. The summed E-state index contributed by atoms with van der Waals surface area (Å²) in [5.41, 5.74) is 0.267. The predicted octanol–water partition coefficient (Wildman–Crippen LogP) is 2.88. The molecule has 1 aliphatic heterocycles. The van der Waals surface area contributed by atoms with Crippen LogP contribution in [-0.2, 0) is 4.74 Å². The molecule has 0 spiro atoms. The summed E-state index contributed by atoms with van der Waals surface area (Å²) in [6.07, 6.45) is 3.48. The van der Waals surface area contributed by atoms with Gasteiger partial charge in [0.1, 0.15) is 0 Å². The summed E-state index contributed by atoms with van der Waals surface area (Å²) in [6, 6.07) is 0.573. The van der Waals surface area contributed by atoms with Crippen LogP contribution in [0, 0.1) is 5.92 Å². The summed E-state index contributed by atoms with van der Waals surface area (Å²) >= 11 is 0. The Morgan fingerprint density at radius 3 is 2.06 bits per heavy atom. The minimum atomic E-state index is 0.266. The highest BCUT2D eigenvalue weighted by Gasteiger charge is 2.44. The highest BCUT2D eigenvalue weighted by molar-refractivity contribution is 6.11. The third-order valence-corrected chi connectivity index (χ3v) is 4.70. The molecule has 0 aromatic rings. The van der Waals surface area contributed by atoms with Crippen LogP contribution in [0.25, 0.3) is 0 Å². The molecule has 0 aromatic heterocycles. The normalized spacial score (nSPS) is 24.1. The molecular formula is C14H28BNO. The first-order valence-electron chi connectivity index (χ1n) is 7.08. The zero-order chi connectivity index (χ0) is 13.1. The van der Waals surface area contributed by atoms with Gasteiger partial charge >= 0.3 is 0 Å². The lowest BCUT2D eigenvalue weighted by Gasteiger charge is -2.53. The van der Waals surface area contributed by atoms with Crippen molar-refractivity contribution in [3.8, 4) is 0 Å². The molecule has 0 amide bonds. The Morgan fingerprint density at radius 1 is 1.24 bits per heavy atom. The number of rotatable bonds is 7. The third-order valence-electron chi connectivity index (χ3n) is 4.70. The first-order valence-corrected chi connectivity index (χ1v) is 7.08. The summed E-state index contributed by atoms with van der Waals surface area (Å²) in [7, 11) is 8.40. The van der Waals surface area contributed by atoms with E-state index < -0.39 is 0 Å². The molecule has 0 bridgehead atoms. The first kappa shape index (κ1) is 15.0. The molecule has 3 unspecified atom stereocenters. The van der Waals surface area contributed by atoms with Crippen LogP contribution in [0.3, 0.4) is 0 Å². The second-order valence-corrected chi connectivity index (χ2v) is 5.59. The molecule has 3 heteroatoms. The molecule has 1 rings (SSSR count). The lowest BCUT2D eigenvalue weighted by Crippen LogP contribution is -2.64. The van der Waals surface area contributed by atoms with Crippen molar-refractivity contribution in [2.24, 2.45) is 5.92 Å². The summed E-state index contributed by atoms with van der Waals surface area (Å²) < 4.78 is 5.45. The van der Waals surface area contributed by atoms with Crippen molar-refractivity contribution in [2.45, 2.75) is 64.4 Å². The minimum absolute atomic E-state index is 0.266. The molecule has 2 nitrogen and oxygen atoms in total. The Labute approximate surface area is 109 Å². The molecule has 98 valence electrons. The van der Waals surface area contributed by atoms with Crippen molar-refractivity contribution < 1.29 is 4.74 Å². The third kappa shape index (κ3) is 2.87. The maximum absolute atomic E-state index is 6.15. The molecule has 1 aliphatic rings. The van der Waals surface area contributed by atoms with Crippen LogP contribution in [0.5, 0.6) is 0 Å². The van der Waals surface area contributed by atoms with E-state index in [1.165, 1.54) is 0 Å². The van der Waals surface area contributed by atoms with Gasteiger partial charge in [-0.15, -0.1) is 0 Å². The number of nitrogens with zero attached hydrogens (tertiary/aromatic N) is 1. The number of ether oxygens (including phenoxy) is 1. The molecule has 1 heterocycles. The first-order chi connectivity index (χ1) is 8.02. The predicted molar refractivity (Wildman–Crippen MR) is 74.6 cm³/mol. The average molecular weight is 237 g/mol. The van der Waals surface area contributed by atoms with Gasteiger partial charge in [-0.05, 0) is 25.8 Å². The van der Waals surface area contributed by atoms with E-state index in [0.717, 1.165) is 32.5 Å². The molecule has 1 saturated heterocycles. The van der Waals surface area contributed by atoms with Gasteiger partial charge in [-0.3, -0.25) is 4.90 Å². The van der Waals surface area contributed by atoms with Gasteiger partial charge in [-0.2, -0.15) is 0 Å². The molecular weight excluding hydrogens is 209 g/mol. The van der Waals surface area contributed by atoms with E-state index in [4.69, 9.17) is 12.6 Å². The monoisotopic (exact) mass is 237 g/mol. The zero-order valence-electron chi connectivity index (χ0n) is 12.2. The van der Waals surface area contributed by atoms with Gasteiger partial charge < -0.3 is 4.74 Å². The summed E-state index contributed by atoms with van der Waals surface area (Å²) in [6.45, 7) is 10.7. The van der Waals surface area contributed by atoms with Gasteiger partial charge in [0.2, 0.25) is 0 Å². The Kier molecular flexibility index (Phi) is 5.52. The van der Waals surface area contributed by atoms with Crippen LogP contribution < -0.4 is 0 Å². The fraction of sp³-hybridized carbons (Fsp3) is 1.00. The molecule has 3 atom stereocenters. The van der Waals surface area contributed by atoms with Crippen LogP contribution in [0.15, 0.2) is 0 Å². The molecule has 0 aliphatic carbocycles. The maximum Gasteiger partial charge on any atom is 0.0700 e. The smallest absolute Gasteiger partial charge is 0.0700 e. The Hall–Kier alpha value is -0.0151. The Bertz CT molecular complexity index is 223. The van der Waals surface area contributed by atoms with Crippen LogP contribution in [0.2, 0.25) is 5.82 Å². The standard InChI is InChI=1S/C14H28BNO/c1-6-12(11(4)15)13(7-2)16(5)14(8-3)9-17-10-14/h11-13H,6-10H2,1-5H3. The molecule has 1 fully saturated rings. The topological polar surface area (TPSA) is 12.5 Å². The van der Waals surface area contributed by atoms with Crippen LogP contribution in [0.4, 0.5) is 0 Å². The number of likely N-dealkylation sites (N-methyl/N-ethyl adjacent to an activating group) is 1. The van der Waals surface area contributed by atoms with Gasteiger partial charge in [0, 0.05) is 6.04 Å². The van der Waals surface area contributed by atoms with E-state index in [-0.39, 0.29) is 11.4 Å². The van der Waals surface area contributed by atoms with Gasteiger partial charge in [0.15, 0.2) is 0 Å². The van der Waals surface area contributed by atoms with Gasteiger partial charge in [-0.25, -0.2) is 0 Å². The highest BCUT2D eigenvalue weighted by atomic mass is 16.5. The molecule has 0 N–H and O–H groups in total. The van der Waals surface area contributed by atoms with E-state index >= 15 is 0 Å². The van der Waals surface area contributed by atoms with Gasteiger partial charge in [0.05, 0.1) is 26.6 Å². The van der Waals surface area contributed by atoms with E-state index in [0.29, 0.717) is 12.0 Å². The van der Waals surface area contributed by atoms with Crippen LogP contribution >= 0.6 is 0 Å². The summed E-state index contributed by atoms with van der Waals surface area (Å²) in [4.78, 5) is 2.55. The SMILES string of the molecule is [B]C(C)C(CC)C(CC)N(C)C1(CC)COC1. The maximum atomic E-state index is 6.15. The van der Waals surface area contributed by atoms with E-state index in [1.54, 1.807) is 0 Å². The lowest BCUT2D eigenvalue weighted by atomic mass is 9.71. The highest BCUT2D eigenvalue weighted by Crippen LogP contribution is 2.35. The van der Waals surface area contributed by atoms with E-state index in [2.05, 4.69) is 39.6 Å². The Morgan fingerprint density at radius 2 is 1.82 bits per heavy atom. The molecule has 17 heavy (non-hydrogen) atoms. The van der Waals surface area contributed by atoms with Crippen molar-refractivity contribution >= 4 is 7.85 Å². The summed E-state index contributed by atoms with van der Waals surface area (Å²) in [5.74, 6) is 0.844. The van der Waals surface area contributed by atoms with E-state index in [9.17, 15) is 0 Å². The number of hydrogen-bond donors (Lipinski definition) is 0. The van der Waals surface area contributed by atoms with Gasteiger partial charge in [-0.1, -0.05) is 39.9 Å². The van der Waals surface area contributed by atoms with Crippen molar-refractivity contribution in [1.29, 1.82) is 0 Å². The van der Waals surface area contributed by atoms with Crippen molar-refractivity contribution in [2.75, 3.05) is 20.3 Å². The number of hydrogen-bond acceptors (Lipinski definition) is 2. The molecule has 0 aromatic carbocycles. The zero-order valence-corrected chi connectivity index (χ0v) is 12.2. The second kappa shape index (κ2) is 6.24. The quantitative estimate of drug-likeness (QED) is 0.631. The van der Waals surface area contributed by atoms with Crippen molar-refractivity contribution in [1.82, 2.24) is 4.90 Å². The Balaban J connectivity index is 2.78. The van der Waals surface area contributed by atoms with Crippen molar-refractivity contribution in [3.63, 3.8) is 0 Å². The van der Waals surface area contributed by atoms with Crippen molar-refractivity contribution in [3.05, 3.63) is 0 Å².